The summed E-state index contributed by atoms with van der Waals surface area (Å²) in [6.07, 6.45) is 0. The molecule has 20 heavy (non-hydrogen) atoms. The zero-order chi connectivity index (χ0) is 15.1. The van der Waals surface area contributed by atoms with Crippen molar-refractivity contribution in [3.8, 4) is 0 Å². The Hall–Kier alpha value is -1.92. The van der Waals surface area contributed by atoms with E-state index in [4.69, 9.17) is 11.5 Å². The summed E-state index contributed by atoms with van der Waals surface area (Å²) < 4.78 is 49.2. The van der Waals surface area contributed by atoms with Gasteiger partial charge in [-0.1, -0.05) is 6.07 Å². The lowest BCUT2D eigenvalue weighted by molar-refractivity contribution is 0.507. The summed E-state index contributed by atoms with van der Waals surface area (Å²) in [7, 11) is 0. The van der Waals surface area contributed by atoms with Crippen LogP contribution in [0.5, 0.6) is 0 Å². The number of hydrogen-bond acceptors (Lipinski definition) is 2. The Morgan fingerprint density at radius 3 is 1.65 bits per heavy atom. The average molecular weight is 286 g/mol. The van der Waals surface area contributed by atoms with Gasteiger partial charge in [0.2, 0.25) is 0 Å². The van der Waals surface area contributed by atoms with Gasteiger partial charge < -0.3 is 11.5 Å². The Kier molecular flexibility index (Phi) is 6.14. The van der Waals surface area contributed by atoms with E-state index >= 15 is 0 Å². The Labute approximate surface area is 114 Å². The molecule has 2 aromatic rings. The topological polar surface area (TPSA) is 52.0 Å². The first-order valence-corrected chi connectivity index (χ1v) is 5.75. The number of rotatable bonds is 2. The van der Waals surface area contributed by atoms with Crippen LogP contribution in [0.1, 0.15) is 11.1 Å². The van der Waals surface area contributed by atoms with Crippen molar-refractivity contribution >= 4 is 0 Å². The van der Waals surface area contributed by atoms with Crippen LogP contribution in [-0.4, -0.2) is 0 Å². The quantitative estimate of drug-likeness (QED) is 0.834. The lowest BCUT2D eigenvalue weighted by Crippen LogP contribution is -1.97. The zero-order valence-electron chi connectivity index (χ0n) is 10.5. The third-order valence-corrected chi connectivity index (χ3v) is 2.38. The highest BCUT2D eigenvalue weighted by Crippen LogP contribution is 2.07. The molecule has 0 radical (unpaired) electrons. The van der Waals surface area contributed by atoms with E-state index in [1.54, 1.807) is 0 Å². The molecule has 2 nitrogen and oxygen atoms in total. The van der Waals surface area contributed by atoms with E-state index in [2.05, 4.69) is 0 Å². The van der Waals surface area contributed by atoms with E-state index < -0.39 is 23.3 Å². The minimum atomic E-state index is -0.844. The van der Waals surface area contributed by atoms with Gasteiger partial charge in [0, 0.05) is 19.2 Å². The van der Waals surface area contributed by atoms with Crippen LogP contribution in [0, 0.1) is 23.3 Å². The van der Waals surface area contributed by atoms with E-state index in [9.17, 15) is 17.6 Å². The molecule has 6 heteroatoms. The summed E-state index contributed by atoms with van der Waals surface area (Å²) in [5, 5.41) is 0. The molecule has 0 aromatic heterocycles. The van der Waals surface area contributed by atoms with Crippen LogP contribution < -0.4 is 11.5 Å². The molecule has 0 aliphatic rings. The van der Waals surface area contributed by atoms with Crippen LogP contribution in [0.25, 0.3) is 0 Å². The summed E-state index contributed by atoms with van der Waals surface area (Å²) in [4.78, 5) is 0. The summed E-state index contributed by atoms with van der Waals surface area (Å²) in [5.41, 5.74) is 11.4. The second-order valence-electron chi connectivity index (χ2n) is 3.93. The van der Waals surface area contributed by atoms with E-state index in [0.717, 1.165) is 18.2 Å². The maximum Gasteiger partial charge on any atom is 0.159 e. The van der Waals surface area contributed by atoms with Crippen LogP contribution in [0.15, 0.2) is 36.4 Å². The second-order valence-corrected chi connectivity index (χ2v) is 3.93. The van der Waals surface area contributed by atoms with Gasteiger partial charge in [0.1, 0.15) is 11.6 Å². The normalized spacial score (nSPS) is 9.90. The van der Waals surface area contributed by atoms with Gasteiger partial charge in [0.05, 0.1) is 0 Å². The molecular weight excluding hydrogens is 272 g/mol. The third-order valence-electron chi connectivity index (χ3n) is 2.38. The number of nitrogens with two attached hydrogens (primary N) is 2. The largest absolute Gasteiger partial charge is 0.326 e. The second kappa shape index (κ2) is 7.62. The minimum Gasteiger partial charge on any atom is -0.326 e. The van der Waals surface area contributed by atoms with Crippen molar-refractivity contribution in [2.75, 3.05) is 0 Å². The third kappa shape index (κ3) is 4.99. The average Bonchev–Trinajstić information content (AvgIpc) is 2.41. The van der Waals surface area contributed by atoms with Crippen LogP contribution in [0.4, 0.5) is 17.6 Å². The van der Waals surface area contributed by atoms with E-state index in [1.165, 1.54) is 18.2 Å². The zero-order valence-corrected chi connectivity index (χ0v) is 10.5. The number of hydrogen-bond donors (Lipinski definition) is 2. The molecule has 0 amide bonds. The first kappa shape index (κ1) is 16.1. The maximum atomic E-state index is 12.3. The smallest absolute Gasteiger partial charge is 0.159 e. The molecule has 0 aliphatic carbocycles. The Balaban J connectivity index is 0.000000200. The lowest BCUT2D eigenvalue weighted by atomic mass is 10.2. The predicted molar refractivity (Wildman–Crippen MR) is 68.5 cm³/mol. The molecule has 0 spiro atoms. The molecule has 0 unspecified atom stereocenters. The van der Waals surface area contributed by atoms with Crippen LogP contribution in [-0.2, 0) is 13.1 Å². The lowest BCUT2D eigenvalue weighted by Gasteiger charge is -1.95. The van der Waals surface area contributed by atoms with Crippen molar-refractivity contribution in [1.82, 2.24) is 0 Å². The van der Waals surface area contributed by atoms with Gasteiger partial charge in [-0.25, -0.2) is 17.6 Å². The molecule has 108 valence electrons. The molecule has 0 heterocycles. The van der Waals surface area contributed by atoms with Gasteiger partial charge in [-0.2, -0.15) is 0 Å². The monoisotopic (exact) mass is 286 g/mol. The van der Waals surface area contributed by atoms with Crippen molar-refractivity contribution in [3.63, 3.8) is 0 Å². The van der Waals surface area contributed by atoms with Crippen molar-refractivity contribution in [3.05, 3.63) is 70.8 Å². The van der Waals surface area contributed by atoms with E-state index in [0.29, 0.717) is 11.1 Å². The predicted octanol–water partition coefficient (Wildman–Crippen LogP) is 2.85. The van der Waals surface area contributed by atoms with E-state index in [-0.39, 0.29) is 13.1 Å². The van der Waals surface area contributed by atoms with Crippen molar-refractivity contribution in [1.29, 1.82) is 0 Å². The fourth-order valence-corrected chi connectivity index (χ4v) is 1.40. The van der Waals surface area contributed by atoms with Crippen molar-refractivity contribution in [2.45, 2.75) is 13.1 Å². The Morgan fingerprint density at radius 2 is 1.20 bits per heavy atom. The van der Waals surface area contributed by atoms with Crippen LogP contribution in [0.2, 0.25) is 0 Å². The molecule has 0 bridgehead atoms. The van der Waals surface area contributed by atoms with Gasteiger partial charge in [-0.05, 0) is 35.4 Å². The first-order chi connectivity index (χ1) is 9.46. The molecule has 0 saturated heterocycles. The number of benzene rings is 2. The van der Waals surface area contributed by atoms with Crippen LogP contribution >= 0.6 is 0 Å². The van der Waals surface area contributed by atoms with Crippen molar-refractivity contribution < 1.29 is 17.6 Å². The highest BCUT2D eigenvalue weighted by Gasteiger charge is 1.99. The van der Waals surface area contributed by atoms with Gasteiger partial charge in [0.25, 0.3) is 0 Å². The Morgan fingerprint density at radius 1 is 0.650 bits per heavy atom. The summed E-state index contributed by atoms with van der Waals surface area (Å²) >= 11 is 0. The minimum absolute atomic E-state index is 0.161. The first-order valence-electron chi connectivity index (χ1n) is 5.75. The number of halogens is 4. The standard InChI is InChI=1S/2C7H7F2N/c8-6-1-5(4-10)2-7(9)3-6;8-6-2-1-5(4-10)3-7(6)9/h2*1-3H,4,10H2. The van der Waals surface area contributed by atoms with Crippen LogP contribution in [0.3, 0.4) is 0 Å². The summed E-state index contributed by atoms with van der Waals surface area (Å²) in [6.45, 7) is 0.395. The van der Waals surface area contributed by atoms with E-state index in [1.807, 2.05) is 0 Å². The molecule has 4 N–H and O–H groups in total. The summed E-state index contributed by atoms with van der Waals surface area (Å²) in [5.74, 6) is -2.85. The molecule has 0 fully saturated rings. The van der Waals surface area contributed by atoms with Gasteiger partial charge in [-0.15, -0.1) is 0 Å². The molecule has 2 rings (SSSR count). The Bertz CT molecular complexity index is 553. The summed E-state index contributed by atoms with van der Waals surface area (Å²) in [6, 6.07) is 6.86. The molecule has 0 aliphatic heterocycles. The molecule has 0 atom stereocenters. The molecular formula is C14H14F4N2. The highest BCUT2D eigenvalue weighted by molar-refractivity contribution is 5.17. The maximum absolute atomic E-state index is 12.3. The van der Waals surface area contributed by atoms with Gasteiger partial charge in [-0.3, -0.25) is 0 Å². The SMILES string of the molecule is NCc1cc(F)cc(F)c1.NCc1ccc(F)c(F)c1. The van der Waals surface area contributed by atoms with Crippen molar-refractivity contribution in [2.24, 2.45) is 11.5 Å². The fraction of sp³-hybridized carbons (Fsp3) is 0.143. The van der Waals surface area contributed by atoms with Gasteiger partial charge >= 0.3 is 0 Å². The molecule has 2 aromatic carbocycles. The van der Waals surface area contributed by atoms with Gasteiger partial charge in [0.15, 0.2) is 11.6 Å². The molecule has 0 saturated carbocycles. The fourth-order valence-electron chi connectivity index (χ4n) is 1.40. The highest BCUT2D eigenvalue weighted by atomic mass is 19.2.